The SMILES string of the molecule is COc1ccc(NC(=O)[C@@H](C2CCCC2)N2CCN(C(=O)C3CCC3)CC2)cc1. The summed E-state index contributed by atoms with van der Waals surface area (Å²) in [7, 11) is 1.64. The number of hydrogen-bond acceptors (Lipinski definition) is 4. The Morgan fingerprint density at radius 3 is 2.17 bits per heavy atom. The van der Waals surface area contributed by atoms with Crippen molar-refractivity contribution >= 4 is 17.5 Å². The Labute approximate surface area is 173 Å². The van der Waals surface area contributed by atoms with Crippen LogP contribution in [0.4, 0.5) is 5.69 Å². The van der Waals surface area contributed by atoms with Crippen LogP contribution >= 0.6 is 0 Å². The smallest absolute Gasteiger partial charge is 0.242 e. The average molecular weight is 400 g/mol. The molecule has 1 heterocycles. The normalized spacial score (nSPS) is 22.2. The lowest BCUT2D eigenvalue weighted by Crippen LogP contribution is -2.57. The number of nitrogens with zero attached hydrogens (tertiary/aromatic N) is 2. The van der Waals surface area contributed by atoms with Crippen LogP contribution < -0.4 is 10.1 Å². The number of nitrogens with one attached hydrogen (secondary N) is 1. The van der Waals surface area contributed by atoms with Gasteiger partial charge in [0.1, 0.15) is 5.75 Å². The molecule has 6 nitrogen and oxygen atoms in total. The summed E-state index contributed by atoms with van der Waals surface area (Å²) in [5.41, 5.74) is 0.803. The maximum atomic E-state index is 13.3. The van der Waals surface area contributed by atoms with Gasteiger partial charge < -0.3 is 15.0 Å². The molecule has 0 aromatic heterocycles. The molecule has 1 saturated heterocycles. The number of hydrogen-bond donors (Lipinski definition) is 1. The van der Waals surface area contributed by atoms with Crippen molar-refractivity contribution in [3.8, 4) is 5.75 Å². The molecular formula is C23H33N3O3. The first-order valence-electron chi connectivity index (χ1n) is 11.1. The molecule has 158 valence electrons. The molecule has 1 atom stereocenters. The van der Waals surface area contributed by atoms with Crippen LogP contribution in [0.25, 0.3) is 0 Å². The van der Waals surface area contributed by atoms with E-state index in [-0.39, 0.29) is 17.9 Å². The van der Waals surface area contributed by atoms with Gasteiger partial charge in [0.05, 0.1) is 13.2 Å². The van der Waals surface area contributed by atoms with Gasteiger partial charge in [0.15, 0.2) is 0 Å². The first kappa shape index (κ1) is 20.2. The van der Waals surface area contributed by atoms with Gasteiger partial charge in [-0.15, -0.1) is 0 Å². The van der Waals surface area contributed by atoms with Crippen molar-refractivity contribution in [2.75, 3.05) is 38.6 Å². The van der Waals surface area contributed by atoms with Gasteiger partial charge in [-0.3, -0.25) is 14.5 Å². The standard InChI is InChI=1S/C23H33N3O3/c1-29-20-11-9-19(10-12-20)24-22(27)21(17-5-2-3-6-17)25-13-15-26(16-14-25)23(28)18-7-4-8-18/h9-12,17-18,21H,2-8,13-16H2,1H3,(H,24,27)/t21-/m1/s1. The predicted octanol–water partition coefficient (Wildman–Crippen LogP) is 3.14. The maximum absolute atomic E-state index is 13.3. The molecule has 0 radical (unpaired) electrons. The highest BCUT2D eigenvalue weighted by Crippen LogP contribution is 2.33. The number of methoxy groups -OCH3 is 1. The Hall–Kier alpha value is -2.08. The number of benzene rings is 1. The third-order valence-electron chi connectivity index (χ3n) is 6.95. The van der Waals surface area contributed by atoms with Crippen molar-refractivity contribution in [3.05, 3.63) is 24.3 Å². The van der Waals surface area contributed by atoms with E-state index < -0.39 is 0 Å². The highest BCUT2D eigenvalue weighted by Gasteiger charge is 2.38. The van der Waals surface area contributed by atoms with Gasteiger partial charge in [0.25, 0.3) is 0 Å². The van der Waals surface area contributed by atoms with Gasteiger partial charge in [-0.05, 0) is 55.9 Å². The van der Waals surface area contributed by atoms with Crippen LogP contribution in [-0.4, -0.2) is 60.9 Å². The first-order valence-corrected chi connectivity index (χ1v) is 11.1. The lowest BCUT2D eigenvalue weighted by atomic mass is 9.84. The molecule has 6 heteroatoms. The molecule has 2 saturated carbocycles. The second kappa shape index (κ2) is 9.16. The van der Waals surface area contributed by atoms with E-state index in [0.29, 0.717) is 11.8 Å². The fraction of sp³-hybridized carbons (Fsp3) is 0.652. The van der Waals surface area contributed by atoms with Crippen molar-refractivity contribution in [1.82, 2.24) is 9.80 Å². The quantitative estimate of drug-likeness (QED) is 0.798. The molecule has 4 rings (SSSR count). The highest BCUT2D eigenvalue weighted by atomic mass is 16.5. The summed E-state index contributed by atoms with van der Waals surface area (Å²) >= 11 is 0. The Balaban J connectivity index is 1.40. The van der Waals surface area contributed by atoms with Gasteiger partial charge in [-0.25, -0.2) is 0 Å². The largest absolute Gasteiger partial charge is 0.497 e. The van der Waals surface area contributed by atoms with E-state index in [9.17, 15) is 9.59 Å². The average Bonchev–Trinajstić information content (AvgIpc) is 3.22. The molecule has 2 aliphatic carbocycles. The number of amides is 2. The molecule has 29 heavy (non-hydrogen) atoms. The second-order valence-electron chi connectivity index (χ2n) is 8.70. The Morgan fingerprint density at radius 1 is 0.966 bits per heavy atom. The summed E-state index contributed by atoms with van der Waals surface area (Å²) in [5, 5.41) is 3.12. The minimum atomic E-state index is -0.111. The molecule has 3 aliphatic rings. The number of carbonyl (C=O) groups is 2. The van der Waals surface area contributed by atoms with Crippen molar-refractivity contribution in [1.29, 1.82) is 0 Å². The number of carbonyl (C=O) groups excluding carboxylic acids is 2. The minimum absolute atomic E-state index is 0.0841. The van der Waals surface area contributed by atoms with Crippen molar-refractivity contribution in [3.63, 3.8) is 0 Å². The van der Waals surface area contributed by atoms with Gasteiger partial charge in [-0.2, -0.15) is 0 Å². The zero-order chi connectivity index (χ0) is 20.2. The van der Waals surface area contributed by atoms with E-state index in [1.807, 2.05) is 29.2 Å². The number of ether oxygens (including phenoxy) is 1. The monoisotopic (exact) mass is 399 g/mol. The molecule has 0 bridgehead atoms. The Bertz CT molecular complexity index is 703. The van der Waals surface area contributed by atoms with Crippen LogP contribution in [0.15, 0.2) is 24.3 Å². The van der Waals surface area contributed by atoms with E-state index in [1.165, 1.54) is 19.3 Å². The molecule has 0 spiro atoms. The molecule has 0 unspecified atom stereocenters. The fourth-order valence-corrected chi connectivity index (χ4v) is 4.98. The molecule has 1 aromatic carbocycles. The fourth-order valence-electron chi connectivity index (χ4n) is 4.98. The van der Waals surface area contributed by atoms with E-state index in [0.717, 1.165) is 63.3 Å². The molecule has 2 amide bonds. The summed E-state index contributed by atoms with van der Waals surface area (Å²) in [5.74, 6) is 1.85. The van der Waals surface area contributed by atoms with Gasteiger partial charge in [0.2, 0.25) is 11.8 Å². The molecule has 1 aromatic rings. The van der Waals surface area contributed by atoms with Gasteiger partial charge in [0, 0.05) is 37.8 Å². The zero-order valence-electron chi connectivity index (χ0n) is 17.4. The number of anilines is 1. The van der Waals surface area contributed by atoms with Crippen LogP contribution in [0.1, 0.15) is 44.9 Å². The van der Waals surface area contributed by atoms with Crippen LogP contribution in [0.2, 0.25) is 0 Å². The lowest BCUT2D eigenvalue weighted by Gasteiger charge is -2.42. The van der Waals surface area contributed by atoms with Crippen LogP contribution in [0.5, 0.6) is 5.75 Å². The number of rotatable bonds is 6. The Morgan fingerprint density at radius 2 is 1.62 bits per heavy atom. The van der Waals surface area contributed by atoms with Crippen molar-refractivity contribution in [2.45, 2.75) is 51.0 Å². The zero-order valence-corrected chi connectivity index (χ0v) is 17.4. The summed E-state index contributed by atoms with van der Waals surface area (Å²) < 4.78 is 5.20. The van der Waals surface area contributed by atoms with Crippen LogP contribution in [-0.2, 0) is 9.59 Å². The summed E-state index contributed by atoms with van der Waals surface area (Å²) in [6.45, 7) is 3.06. The van der Waals surface area contributed by atoms with E-state index >= 15 is 0 Å². The molecule has 3 fully saturated rings. The molecular weight excluding hydrogens is 366 g/mol. The van der Waals surface area contributed by atoms with Crippen molar-refractivity contribution < 1.29 is 14.3 Å². The maximum Gasteiger partial charge on any atom is 0.242 e. The van der Waals surface area contributed by atoms with Crippen molar-refractivity contribution in [2.24, 2.45) is 11.8 Å². The third kappa shape index (κ3) is 4.58. The first-order chi connectivity index (χ1) is 14.2. The van der Waals surface area contributed by atoms with E-state index in [2.05, 4.69) is 10.2 Å². The van der Waals surface area contributed by atoms with E-state index in [4.69, 9.17) is 4.74 Å². The summed E-state index contributed by atoms with van der Waals surface area (Å²) in [4.78, 5) is 30.2. The van der Waals surface area contributed by atoms with E-state index in [1.54, 1.807) is 7.11 Å². The highest BCUT2D eigenvalue weighted by molar-refractivity contribution is 5.95. The predicted molar refractivity (Wildman–Crippen MR) is 113 cm³/mol. The summed E-state index contributed by atoms with van der Waals surface area (Å²) in [6, 6.07) is 7.39. The second-order valence-corrected chi connectivity index (χ2v) is 8.70. The van der Waals surface area contributed by atoms with Gasteiger partial charge >= 0.3 is 0 Å². The Kier molecular flexibility index (Phi) is 6.38. The molecule has 1 N–H and O–H groups in total. The summed E-state index contributed by atoms with van der Waals surface area (Å²) in [6.07, 6.45) is 7.92. The third-order valence-corrected chi connectivity index (χ3v) is 6.95. The lowest BCUT2D eigenvalue weighted by molar-refractivity contribution is -0.140. The van der Waals surface area contributed by atoms with Crippen LogP contribution in [0.3, 0.4) is 0 Å². The van der Waals surface area contributed by atoms with Crippen LogP contribution in [0, 0.1) is 11.8 Å². The topological polar surface area (TPSA) is 61.9 Å². The minimum Gasteiger partial charge on any atom is -0.497 e. The molecule has 1 aliphatic heterocycles. The number of piperazine rings is 1. The van der Waals surface area contributed by atoms with Gasteiger partial charge in [-0.1, -0.05) is 19.3 Å².